The highest BCUT2D eigenvalue weighted by Crippen LogP contribution is 2.50. The standard InChI is InChI=1S/C78H68BN3/c1-76(2,3)57-37-43-69-63(47-57)64-48-58(77(4,5)6)38-44-70(64)81(69)60-49-73-75-74(50-60)82(68-32-22-20-30-62(68)54-27-17-12-18-28-54)72-41-35-55(52-25-15-11-16-26-52)45-66(72)79(75)67-46-56(61-29-19-21-31-65(61)78(7,8)9)36-42-71(67)80(73)59-39-33-53(34-40-59)51-23-13-10-14-24-51/h10-50H,1-9H3. The van der Waals surface area contributed by atoms with E-state index in [1.807, 2.05) is 0 Å². The van der Waals surface area contributed by atoms with Crippen LogP contribution in [0.3, 0.4) is 0 Å². The summed E-state index contributed by atoms with van der Waals surface area (Å²) in [5.41, 5.74) is 27.7. The lowest BCUT2D eigenvalue weighted by molar-refractivity contribution is 0.590. The van der Waals surface area contributed by atoms with E-state index in [0.717, 1.165) is 28.4 Å². The lowest BCUT2D eigenvalue weighted by atomic mass is 9.33. The van der Waals surface area contributed by atoms with Gasteiger partial charge in [0.1, 0.15) is 0 Å². The van der Waals surface area contributed by atoms with Crippen LogP contribution in [0.25, 0.3) is 72.0 Å². The number of anilines is 6. The molecule has 82 heavy (non-hydrogen) atoms. The summed E-state index contributed by atoms with van der Waals surface area (Å²) >= 11 is 0. The Labute approximate surface area is 484 Å². The van der Waals surface area contributed by atoms with Gasteiger partial charge in [0.15, 0.2) is 0 Å². The van der Waals surface area contributed by atoms with Crippen molar-refractivity contribution in [1.82, 2.24) is 4.57 Å². The Kier molecular flexibility index (Phi) is 12.0. The summed E-state index contributed by atoms with van der Waals surface area (Å²) in [7, 11) is 0. The average molecular weight is 1060 g/mol. The number of hydrogen-bond acceptors (Lipinski definition) is 2. The van der Waals surface area contributed by atoms with Gasteiger partial charge < -0.3 is 14.4 Å². The van der Waals surface area contributed by atoms with Gasteiger partial charge in [-0.2, -0.15) is 0 Å². The van der Waals surface area contributed by atoms with E-state index in [2.05, 4.69) is 325 Å². The highest BCUT2D eigenvalue weighted by molar-refractivity contribution is 7.00. The van der Waals surface area contributed by atoms with Crippen molar-refractivity contribution in [2.75, 3.05) is 9.80 Å². The molecule has 0 atom stereocenters. The number of nitrogens with zero attached hydrogens (tertiary/aromatic N) is 3. The minimum absolute atomic E-state index is 0.0334. The largest absolute Gasteiger partial charge is 0.311 e. The second-order valence-electron chi connectivity index (χ2n) is 25.8. The van der Waals surface area contributed by atoms with E-state index in [4.69, 9.17) is 0 Å². The molecule has 0 amide bonds. The minimum Gasteiger partial charge on any atom is -0.311 e. The maximum Gasteiger partial charge on any atom is 0.252 e. The number of hydrogen-bond donors (Lipinski definition) is 0. The molecule has 11 aromatic carbocycles. The number of para-hydroxylation sites is 1. The second kappa shape index (κ2) is 19.3. The van der Waals surface area contributed by atoms with Gasteiger partial charge in [-0.25, -0.2) is 0 Å². The van der Waals surface area contributed by atoms with Crippen molar-refractivity contribution in [1.29, 1.82) is 0 Å². The smallest absolute Gasteiger partial charge is 0.252 e. The van der Waals surface area contributed by atoms with Gasteiger partial charge in [-0.05, 0) is 155 Å². The monoisotopic (exact) mass is 1060 g/mol. The summed E-state index contributed by atoms with van der Waals surface area (Å²) in [6, 6.07) is 94.0. The maximum absolute atomic E-state index is 2.61. The summed E-state index contributed by atoms with van der Waals surface area (Å²) < 4.78 is 2.56. The molecule has 2 aliphatic heterocycles. The van der Waals surface area contributed by atoms with Crippen molar-refractivity contribution in [2.45, 2.75) is 78.6 Å². The van der Waals surface area contributed by atoms with Gasteiger partial charge in [-0.15, -0.1) is 0 Å². The third kappa shape index (κ3) is 8.58. The molecule has 0 N–H and O–H groups in total. The van der Waals surface area contributed by atoms with Gasteiger partial charge in [-0.1, -0.05) is 244 Å². The van der Waals surface area contributed by atoms with Gasteiger partial charge >= 0.3 is 0 Å². The SMILES string of the molecule is CC(C)(C)c1ccc2c(c1)c1cc(C(C)(C)C)ccc1n2-c1cc2c3c(c1)N(c1ccccc1-c1ccccc1)c1ccc(-c4ccccc4)cc1B3c1cc(-c3ccccc3C(C)(C)C)ccc1N2c1ccc(-c2ccccc2)cc1. The Balaban J connectivity index is 1.13. The van der Waals surface area contributed by atoms with Crippen LogP contribution in [0.4, 0.5) is 34.1 Å². The molecule has 0 fully saturated rings. The summed E-state index contributed by atoms with van der Waals surface area (Å²) in [5.74, 6) is 0. The molecule has 0 radical (unpaired) electrons. The molecule has 3 heterocycles. The Morgan fingerprint density at radius 1 is 0.293 bits per heavy atom. The summed E-state index contributed by atoms with van der Waals surface area (Å²) in [4.78, 5) is 5.19. The Bertz CT molecular complexity index is 4370. The molecule has 14 rings (SSSR count). The number of benzene rings is 11. The summed E-state index contributed by atoms with van der Waals surface area (Å²) in [6.45, 7) is 20.8. The van der Waals surface area contributed by atoms with Crippen LogP contribution >= 0.6 is 0 Å². The quantitative estimate of drug-likeness (QED) is 0.147. The van der Waals surface area contributed by atoms with E-state index in [-0.39, 0.29) is 23.0 Å². The van der Waals surface area contributed by atoms with Crippen molar-refractivity contribution in [3.05, 3.63) is 265 Å². The van der Waals surface area contributed by atoms with Gasteiger partial charge in [0, 0.05) is 44.8 Å². The zero-order valence-electron chi connectivity index (χ0n) is 48.6. The van der Waals surface area contributed by atoms with Crippen molar-refractivity contribution < 1.29 is 0 Å². The van der Waals surface area contributed by atoms with Crippen LogP contribution in [-0.2, 0) is 16.2 Å². The fourth-order valence-corrected chi connectivity index (χ4v) is 13.2. The predicted molar refractivity (Wildman–Crippen MR) is 353 cm³/mol. The molecule has 0 aliphatic carbocycles. The van der Waals surface area contributed by atoms with E-state index in [9.17, 15) is 0 Å². The van der Waals surface area contributed by atoms with E-state index in [0.29, 0.717) is 0 Å². The molecule has 398 valence electrons. The molecule has 0 saturated heterocycles. The highest BCUT2D eigenvalue weighted by atomic mass is 15.2. The first kappa shape index (κ1) is 51.1. The lowest BCUT2D eigenvalue weighted by Crippen LogP contribution is -2.61. The van der Waals surface area contributed by atoms with Crippen LogP contribution in [-0.4, -0.2) is 11.3 Å². The van der Waals surface area contributed by atoms with Crippen LogP contribution in [0.5, 0.6) is 0 Å². The van der Waals surface area contributed by atoms with E-state index >= 15 is 0 Å². The fraction of sp³-hybridized carbons (Fsp3) is 0.154. The fourth-order valence-electron chi connectivity index (χ4n) is 13.2. The van der Waals surface area contributed by atoms with E-state index in [1.54, 1.807) is 0 Å². The number of rotatable bonds is 7. The Hall–Kier alpha value is -9.12. The first-order valence-corrected chi connectivity index (χ1v) is 29.2. The zero-order valence-corrected chi connectivity index (χ0v) is 48.6. The minimum atomic E-state index is -0.142. The molecule has 3 nitrogen and oxygen atoms in total. The van der Waals surface area contributed by atoms with Crippen molar-refractivity contribution in [3.63, 3.8) is 0 Å². The molecule has 12 aromatic rings. The third-order valence-corrected chi connectivity index (χ3v) is 17.4. The molecular weight excluding hydrogens is 990 g/mol. The summed E-state index contributed by atoms with van der Waals surface area (Å²) in [6.07, 6.45) is 0. The van der Waals surface area contributed by atoms with Crippen LogP contribution in [0.1, 0.15) is 79.0 Å². The first-order chi connectivity index (χ1) is 39.6. The van der Waals surface area contributed by atoms with Crippen LogP contribution in [0, 0.1) is 0 Å². The predicted octanol–water partition coefficient (Wildman–Crippen LogP) is 19.4. The molecule has 4 heteroatoms. The van der Waals surface area contributed by atoms with Gasteiger partial charge in [0.25, 0.3) is 6.71 Å². The van der Waals surface area contributed by atoms with E-state index < -0.39 is 0 Å². The maximum atomic E-state index is 2.61. The van der Waals surface area contributed by atoms with Crippen molar-refractivity contribution >= 4 is 79.0 Å². The molecular formula is C78H68BN3. The second-order valence-corrected chi connectivity index (χ2v) is 25.8. The topological polar surface area (TPSA) is 11.4 Å². The number of aromatic nitrogens is 1. The third-order valence-electron chi connectivity index (χ3n) is 17.4. The average Bonchev–Trinajstić information content (AvgIpc) is 1.96. The van der Waals surface area contributed by atoms with Crippen LogP contribution < -0.4 is 26.2 Å². The van der Waals surface area contributed by atoms with Crippen molar-refractivity contribution in [3.8, 4) is 50.2 Å². The Morgan fingerprint density at radius 3 is 1.32 bits per heavy atom. The molecule has 2 aliphatic rings. The van der Waals surface area contributed by atoms with E-state index in [1.165, 1.54) is 111 Å². The zero-order chi connectivity index (χ0) is 56.2. The van der Waals surface area contributed by atoms with Gasteiger partial charge in [0.05, 0.1) is 22.4 Å². The lowest BCUT2D eigenvalue weighted by Gasteiger charge is -2.45. The molecule has 0 spiro atoms. The van der Waals surface area contributed by atoms with Gasteiger partial charge in [-0.3, -0.25) is 0 Å². The molecule has 0 unspecified atom stereocenters. The molecule has 0 bridgehead atoms. The Morgan fingerprint density at radius 2 is 0.744 bits per heavy atom. The van der Waals surface area contributed by atoms with Crippen molar-refractivity contribution in [2.24, 2.45) is 0 Å². The highest BCUT2D eigenvalue weighted by Gasteiger charge is 2.45. The van der Waals surface area contributed by atoms with Crippen LogP contribution in [0.2, 0.25) is 0 Å². The first-order valence-electron chi connectivity index (χ1n) is 29.2. The molecule has 1 aromatic heterocycles. The van der Waals surface area contributed by atoms with Crippen LogP contribution in [0.15, 0.2) is 249 Å². The normalized spacial score (nSPS) is 13.1. The number of fused-ring (bicyclic) bond motifs is 7. The summed E-state index contributed by atoms with van der Waals surface area (Å²) in [5, 5.41) is 2.54. The molecule has 0 saturated carbocycles. The van der Waals surface area contributed by atoms with Gasteiger partial charge in [0.2, 0.25) is 0 Å².